The van der Waals surface area contributed by atoms with E-state index < -0.39 is 11.7 Å². The molecule has 2 aromatic heterocycles. The molecule has 0 spiro atoms. The molecular weight excluding hydrogens is 377 g/mol. The molecule has 1 aliphatic rings. The van der Waals surface area contributed by atoms with Gasteiger partial charge >= 0.3 is 6.18 Å². The molecule has 27 heavy (non-hydrogen) atoms. The Labute approximate surface area is 156 Å². The van der Waals surface area contributed by atoms with Crippen molar-refractivity contribution in [3.05, 3.63) is 52.8 Å². The van der Waals surface area contributed by atoms with Crippen LogP contribution in [0.5, 0.6) is 0 Å². The second kappa shape index (κ2) is 6.38. The van der Waals surface area contributed by atoms with Crippen molar-refractivity contribution in [2.45, 2.75) is 18.3 Å². The Morgan fingerprint density at radius 3 is 2.59 bits per heavy atom. The molecule has 10 heteroatoms. The second-order valence-electron chi connectivity index (χ2n) is 5.79. The number of alkyl halides is 3. The number of aryl methyl sites for hydroxylation is 1. The van der Waals surface area contributed by atoms with Gasteiger partial charge in [0.25, 0.3) is 0 Å². The van der Waals surface area contributed by atoms with Crippen LogP contribution in [0.25, 0.3) is 0 Å². The van der Waals surface area contributed by atoms with Crippen LogP contribution in [-0.4, -0.2) is 32.1 Å². The lowest BCUT2D eigenvalue weighted by atomic mass is 9.98. The smallest absolute Gasteiger partial charge is 0.321 e. The van der Waals surface area contributed by atoms with Gasteiger partial charge in [-0.3, -0.25) is 5.10 Å². The molecule has 6 nitrogen and oxygen atoms in total. The molecule has 0 saturated heterocycles. The van der Waals surface area contributed by atoms with Crippen molar-refractivity contribution in [3.8, 4) is 0 Å². The normalized spacial score (nSPS) is 13.3. The predicted octanol–water partition coefficient (Wildman–Crippen LogP) is 4.47. The summed E-state index contributed by atoms with van der Waals surface area (Å²) < 4.78 is 40.8. The summed E-state index contributed by atoms with van der Waals surface area (Å²) in [5.41, 5.74) is 0.773. The number of anilines is 2. The molecule has 3 aromatic rings. The molecule has 0 unspecified atom stereocenters. The lowest BCUT2D eigenvalue weighted by Gasteiger charge is -2.15. The van der Waals surface area contributed by atoms with Crippen molar-refractivity contribution in [1.29, 1.82) is 0 Å². The number of aromatic nitrogens is 4. The summed E-state index contributed by atoms with van der Waals surface area (Å²) >= 11 is 1.33. The first-order valence-corrected chi connectivity index (χ1v) is 9.09. The van der Waals surface area contributed by atoms with Gasteiger partial charge in [-0.15, -0.1) is 0 Å². The molecule has 0 bridgehead atoms. The van der Waals surface area contributed by atoms with E-state index in [1.807, 2.05) is 6.26 Å². The van der Waals surface area contributed by atoms with Gasteiger partial charge in [0.15, 0.2) is 11.0 Å². The number of aliphatic imine (C=N–C) groups is 1. The minimum Gasteiger partial charge on any atom is -0.321 e. The maximum Gasteiger partial charge on any atom is 0.417 e. The van der Waals surface area contributed by atoms with Crippen molar-refractivity contribution < 1.29 is 13.2 Å². The van der Waals surface area contributed by atoms with Crippen LogP contribution >= 0.6 is 11.8 Å². The number of rotatable bonds is 2. The van der Waals surface area contributed by atoms with Gasteiger partial charge in [-0.25, -0.2) is 15.0 Å². The number of hydrogen-bond donors (Lipinski definition) is 2. The van der Waals surface area contributed by atoms with E-state index in [-0.39, 0.29) is 11.3 Å². The van der Waals surface area contributed by atoms with E-state index in [1.54, 1.807) is 13.0 Å². The van der Waals surface area contributed by atoms with Gasteiger partial charge in [0.1, 0.15) is 11.5 Å². The average molecular weight is 390 g/mol. The van der Waals surface area contributed by atoms with Crippen LogP contribution in [0.15, 0.2) is 40.6 Å². The van der Waals surface area contributed by atoms with E-state index in [4.69, 9.17) is 0 Å². The summed E-state index contributed by atoms with van der Waals surface area (Å²) in [5.74, 6) is 0.759. The fourth-order valence-electron chi connectivity index (χ4n) is 2.81. The van der Waals surface area contributed by atoms with Crippen LogP contribution in [0.3, 0.4) is 0 Å². The zero-order valence-electron chi connectivity index (χ0n) is 14.2. The van der Waals surface area contributed by atoms with Crippen molar-refractivity contribution in [2.75, 3.05) is 11.6 Å². The summed E-state index contributed by atoms with van der Waals surface area (Å²) in [6.45, 7) is 1.75. The Bertz CT molecular complexity index is 1060. The maximum absolute atomic E-state index is 13.6. The fraction of sp³-hybridized carbons (Fsp3) is 0.176. The zero-order valence-corrected chi connectivity index (χ0v) is 15.0. The molecule has 4 rings (SSSR count). The first-order valence-electron chi connectivity index (χ1n) is 7.87. The van der Waals surface area contributed by atoms with Crippen molar-refractivity contribution in [3.63, 3.8) is 0 Å². The highest BCUT2D eigenvalue weighted by Gasteiger charge is 2.35. The van der Waals surface area contributed by atoms with E-state index in [0.717, 1.165) is 6.07 Å². The topological polar surface area (TPSA) is 78.9 Å². The number of nitrogens with zero attached hydrogens (tertiary/aromatic N) is 4. The summed E-state index contributed by atoms with van der Waals surface area (Å²) in [7, 11) is 0. The Hall–Kier alpha value is -2.88. The molecule has 1 aromatic carbocycles. The van der Waals surface area contributed by atoms with Gasteiger partial charge in [-0.05, 0) is 19.2 Å². The van der Waals surface area contributed by atoms with E-state index in [0.29, 0.717) is 33.7 Å². The number of halogens is 3. The van der Waals surface area contributed by atoms with Crippen molar-refractivity contribution >= 4 is 34.8 Å². The van der Waals surface area contributed by atoms with E-state index in [1.165, 1.54) is 30.1 Å². The highest BCUT2D eigenvalue weighted by Crippen LogP contribution is 2.38. The largest absolute Gasteiger partial charge is 0.417 e. The summed E-state index contributed by atoms with van der Waals surface area (Å²) in [6.07, 6.45) is -1.22. The Kier molecular flexibility index (Phi) is 4.14. The monoisotopic (exact) mass is 390 g/mol. The number of aromatic amines is 1. The highest BCUT2D eigenvalue weighted by atomic mass is 32.2. The van der Waals surface area contributed by atoms with Crippen molar-refractivity contribution in [1.82, 2.24) is 20.2 Å². The highest BCUT2D eigenvalue weighted by molar-refractivity contribution is 7.98. The van der Waals surface area contributed by atoms with Crippen LogP contribution in [0.1, 0.15) is 22.4 Å². The SMILES string of the molecule is CSc1ncc2c(n1)Nc1n[nH]c(C)c1N=C2c1ccccc1C(F)(F)F. The third-order valence-corrected chi connectivity index (χ3v) is 4.63. The molecule has 0 saturated carbocycles. The average Bonchev–Trinajstić information content (AvgIpc) is 2.89. The van der Waals surface area contributed by atoms with Gasteiger partial charge in [0, 0.05) is 11.8 Å². The van der Waals surface area contributed by atoms with Crippen LogP contribution in [0.2, 0.25) is 0 Å². The van der Waals surface area contributed by atoms with E-state index >= 15 is 0 Å². The molecule has 3 heterocycles. The quantitative estimate of drug-likeness (QED) is 0.390. The molecular formula is C17H13F3N6S. The Morgan fingerprint density at radius 1 is 1.07 bits per heavy atom. The lowest BCUT2D eigenvalue weighted by Crippen LogP contribution is -2.15. The Balaban J connectivity index is 2.02. The second-order valence-corrected chi connectivity index (χ2v) is 6.57. The van der Waals surface area contributed by atoms with Crippen molar-refractivity contribution in [2.24, 2.45) is 4.99 Å². The molecule has 0 fully saturated rings. The summed E-state index contributed by atoms with van der Waals surface area (Å²) in [5, 5.41) is 10.5. The summed E-state index contributed by atoms with van der Waals surface area (Å²) in [6, 6.07) is 5.33. The molecule has 0 radical (unpaired) electrons. The number of thioether (sulfide) groups is 1. The lowest BCUT2D eigenvalue weighted by molar-refractivity contribution is -0.137. The molecule has 0 aliphatic carbocycles. The summed E-state index contributed by atoms with van der Waals surface area (Å²) in [4.78, 5) is 13.1. The van der Waals surface area contributed by atoms with E-state index in [2.05, 4.69) is 30.5 Å². The van der Waals surface area contributed by atoms with Crippen LogP contribution in [0.4, 0.5) is 30.5 Å². The molecule has 2 N–H and O–H groups in total. The first-order chi connectivity index (χ1) is 12.9. The first kappa shape index (κ1) is 17.5. The number of H-pyrrole nitrogens is 1. The number of nitrogens with one attached hydrogen (secondary N) is 2. The van der Waals surface area contributed by atoms with Gasteiger partial charge in [0.2, 0.25) is 0 Å². The third-order valence-electron chi connectivity index (χ3n) is 4.07. The Morgan fingerprint density at radius 2 is 1.85 bits per heavy atom. The van der Waals surface area contributed by atoms with Gasteiger partial charge in [-0.2, -0.15) is 18.3 Å². The minimum absolute atomic E-state index is 0.0398. The van der Waals surface area contributed by atoms with E-state index in [9.17, 15) is 13.2 Å². The molecule has 138 valence electrons. The fourth-order valence-corrected chi connectivity index (χ4v) is 3.15. The molecule has 0 amide bonds. The standard InChI is InChI=1S/C17H13F3N6S/c1-8-12-15(26-25-8)23-14-10(7-21-16(24-14)27-2)13(22-12)9-5-3-4-6-11(9)17(18,19)20/h3-7H,1-2H3,(H2,21,23,24,25,26). The van der Waals surface area contributed by atoms with Gasteiger partial charge < -0.3 is 5.32 Å². The predicted molar refractivity (Wildman–Crippen MR) is 97.2 cm³/mol. The maximum atomic E-state index is 13.6. The number of benzene rings is 1. The van der Waals surface area contributed by atoms with Crippen LogP contribution in [0, 0.1) is 6.92 Å². The number of fused-ring (bicyclic) bond motifs is 2. The third kappa shape index (κ3) is 3.05. The molecule has 1 aliphatic heterocycles. The minimum atomic E-state index is -4.52. The zero-order chi connectivity index (χ0) is 19.2. The number of hydrogen-bond acceptors (Lipinski definition) is 6. The van der Waals surface area contributed by atoms with Gasteiger partial charge in [0.05, 0.1) is 22.5 Å². The van der Waals surface area contributed by atoms with Crippen LogP contribution < -0.4 is 5.32 Å². The molecule has 0 atom stereocenters. The van der Waals surface area contributed by atoms with Gasteiger partial charge in [-0.1, -0.05) is 30.0 Å². The van der Waals surface area contributed by atoms with Crippen LogP contribution in [-0.2, 0) is 6.18 Å².